The van der Waals surface area contributed by atoms with Gasteiger partial charge in [-0.05, 0) is 36.0 Å². The number of nitrogens with zero attached hydrogens (tertiary/aromatic N) is 4. The number of aryl methyl sites for hydroxylation is 1. The van der Waals surface area contributed by atoms with Gasteiger partial charge in [-0.1, -0.05) is 18.2 Å². The third-order valence-corrected chi connectivity index (χ3v) is 6.38. The fourth-order valence-corrected chi connectivity index (χ4v) is 5.19. The molecular formula is C19H23N5O2S. The SMILES string of the molecule is Cn1cnc(CNC(=O)CC2(N3Cc4ccccc4C3=O)CCSCC2)n1. The summed E-state index contributed by atoms with van der Waals surface area (Å²) in [5.41, 5.74) is 1.41. The van der Waals surface area contributed by atoms with E-state index in [2.05, 4.69) is 15.4 Å². The second kappa shape index (κ2) is 7.34. The number of thioether (sulfide) groups is 1. The quantitative estimate of drug-likeness (QED) is 0.848. The summed E-state index contributed by atoms with van der Waals surface area (Å²) in [4.78, 5) is 31.8. The molecule has 7 nitrogen and oxygen atoms in total. The Bertz CT molecular complexity index is 859. The van der Waals surface area contributed by atoms with Crippen molar-refractivity contribution < 1.29 is 9.59 Å². The lowest BCUT2D eigenvalue weighted by Gasteiger charge is -2.44. The zero-order valence-corrected chi connectivity index (χ0v) is 16.2. The van der Waals surface area contributed by atoms with Crippen molar-refractivity contribution in [2.75, 3.05) is 11.5 Å². The van der Waals surface area contributed by atoms with E-state index in [0.717, 1.165) is 35.5 Å². The maximum absolute atomic E-state index is 13.0. The standard InChI is InChI=1S/C19H23N5O2S/c1-23-13-21-16(22-23)11-20-17(25)10-19(6-8-27-9-7-19)24-12-14-4-2-3-5-15(14)18(24)26/h2-5,13H,6-12H2,1H3,(H,20,25). The molecule has 0 radical (unpaired) electrons. The Morgan fingerprint density at radius 3 is 2.78 bits per heavy atom. The van der Waals surface area contributed by atoms with Crippen LogP contribution >= 0.6 is 11.8 Å². The first kappa shape index (κ1) is 18.0. The van der Waals surface area contributed by atoms with Gasteiger partial charge in [0.25, 0.3) is 5.91 Å². The lowest BCUT2D eigenvalue weighted by Crippen LogP contribution is -2.53. The number of hydrogen-bond donors (Lipinski definition) is 1. The Kier molecular flexibility index (Phi) is 4.90. The lowest BCUT2D eigenvalue weighted by atomic mass is 9.86. The zero-order chi connectivity index (χ0) is 18.9. The van der Waals surface area contributed by atoms with E-state index in [1.165, 1.54) is 0 Å². The molecule has 27 heavy (non-hydrogen) atoms. The van der Waals surface area contributed by atoms with Crippen LogP contribution in [-0.4, -0.2) is 48.5 Å². The van der Waals surface area contributed by atoms with E-state index in [-0.39, 0.29) is 11.8 Å². The second-order valence-electron chi connectivity index (χ2n) is 7.17. The van der Waals surface area contributed by atoms with Crippen LogP contribution in [0.25, 0.3) is 0 Å². The van der Waals surface area contributed by atoms with Gasteiger partial charge < -0.3 is 10.2 Å². The summed E-state index contributed by atoms with van der Waals surface area (Å²) in [7, 11) is 1.80. The fourth-order valence-electron chi connectivity index (χ4n) is 3.93. The molecule has 0 spiro atoms. The summed E-state index contributed by atoms with van der Waals surface area (Å²) < 4.78 is 1.61. The molecule has 142 valence electrons. The van der Waals surface area contributed by atoms with Crippen LogP contribution in [0.15, 0.2) is 30.6 Å². The van der Waals surface area contributed by atoms with Gasteiger partial charge in [0.1, 0.15) is 6.33 Å². The second-order valence-corrected chi connectivity index (χ2v) is 8.40. The molecule has 4 rings (SSSR count). The molecule has 2 aromatic rings. The number of carbonyl (C=O) groups is 2. The zero-order valence-electron chi connectivity index (χ0n) is 15.4. The normalized spacial score (nSPS) is 18.4. The van der Waals surface area contributed by atoms with Crippen molar-refractivity contribution in [2.45, 2.75) is 37.9 Å². The predicted octanol–water partition coefficient (Wildman–Crippen LogP) is 1.74. The number of fused-ring (bicyclic) bond motifs is 1. The summed E-state index contributed by atoms with van der Waals surface area (Å²) >= 11 is 1.89. The van der Waals surface area contributed by atoms with Crippen LogP contribution in [0.5, 0.6) is 0 Å². The molecule has 1 aromatic heterocycles. The summed E-state index contributed by atoms with van der Waals surface area (Å²) in [5.74, 6) is 2.52. The number of hydrogen-bond acceptors (Lipinski definition) is 5. The van der Waals surface area contributed by atoms with E-state index in [1.807, 2.05) is 40.9 Å². The van der Waals surface area contributed by atoms with E-state index in [0.29, 0.717) is 25.3 Å². The van der Waals surface area contributed by atoms with Crippen molar-refractivity contribution in [1.29, 1.82) is 0 Å². The van der Waals surface area contributed by atoms with Crippen molar-refractivity contribution in [3.05, 3.63) is 47.5 Å². The number of aromatic nitrogens is 3. The minimum atomic E-state index is -0.414. The number of carbonyl (C=O) groups excluding carboxylic acids is 2. The Hall–Kier alpha value is -2.35. The van der Waals surface area contributed by atoms with Gasteiger partial charge in [-0.3, -0.25) is 14.3 Å². The van der Waals surface area contributed by atoms with Crippen LogP contribution in [0.2, 0.25) is 0 Å². The van der Waals surface area contributed by atoms with Crippen LogP contribution in [0, 0.1) is 0 Å². The van der Waals surface area contributed by atoms with Gasteiger partial charge in [0.05, 0.1) is 12.1 Å². The molecule has 1 N–H and O–H groups in total. The van der Waals surface area contributed by atoms with Gasteiger partial charge in [0.15, 0.2) is 5.82 Å². The van der Waals surface area contributed by atoms with Crippen molar-refractivity contribution in [3.8, 4) is 0 Å². The number of rotatable bonds is 5. The Morgan fingerprint density at radius 1 is 1.30 bits per heavy atom. The Morgan fingerprint density at radius 2 is 2.07 bits per heavy atom. The minimum Gasteiger partial charge on any atom is -0.349 e. The highest BCUT2D eigenvalue weighted by Crippen LogP contribution is 2.40. The monoisotopic (exact) mass is 385 g/mol. The molecule has 2 amide bonds. The van der Waals surface area contributed by atoms with Gasteiger partial charge in [-0.2, -0.15) is 16.9 Å². The Labute approximate surface area is 162 Å². The third-order valence-electron chi connectivity index (χ3n) is 5.40. The van der Waals surface area contributed by atoms with Crippen molar-refractivity contribution >= 4 is 23.6 Å². The molecule has 2 aliphatic heterocycles. The smallest absolute Gasteiger partial charge is 0.254 e. The first-order valence-electron chi connectivity index (χ1n) is 9.16. The van der Waals surface area contributed by atoms with Crippen LogP contribution in [0.1, 0.15) is 41.0 Å². The highest BCUT2D eigenvalue weighted by atomic mass is 32.2. The molecule has 0 bridgehead atoms. The van der Waals surface area contributed by atoms with Crippen LogP contribution in [0.3, 0.4) is 0 Å². The molecule has 3 heterocycles. The minimum absolute atomic E-state index is 0.0525. The van der Waals surface area contributed by atoms with Crippen molar-refractivity contribution in [2.24, 2.45) is 7.05 Å². The molecular weight excluding hydrogens is 362 g/mol. The first-order chi connectivity index (χ1) is 13.1. The Balaban J connectivity index is 1.49. The van der Waals surface area contributed by atoms with E-state index >= 15 is 0 Å². The van der Waals surface area contributed by atoms with Gasteiger partial charge in [-0.25, -0.2) is 4.98 Å². The van der Waals surface area contributed by atoms with Crippen LogP contribution in [-0.2, 0) is 24.9 Å². The maximum Gasteiger partial charge on any atom is 0.254 e. The van der Waals surface area contributed by atoms with Crippen LogP contribution < -0.4 is 5.32 Å². The van der Waals surface area contributed by atoms with E-state index in [9.17, 15) is 9.59 Å². The van der Waals surface area contributed by atoms with E-state index in [1.54, 1.807) is 18.1 Å². The number of amides is 2. The molecule has 8 heteroatoms. The maximum atomic E-state index is 13.0. The first-order valence-corrected chi connectivity index (χ1v) is 10.3. The van der Waals surface area contributed by atoms with Gasteiger partial charge >= 0.3 is 0 Å². The average Bonchev–Trinajstić information content (AvgIpc) is 3.25. The molecule has 1 aromatic carbocycles. The third kappa shape index (κ3) is 3.58. The van der Waals surface area contributed by atoms with E-state index < -0.39 is 5.54 Å². The highest BCUT2D eigenvalue weighted by molar-refractivity contribution is 7.99. The molecule has 0 unspecified atom stereocenters. The van der Waals surface area contributed by atoms with Gasteiger partial charge in [0.2, 0.25) is 5.91 Å². The lowest BCUT2D eigenvalue weighted by molar-refractivity contribution is -0.124. The number of benzene rings is 1. The summed E-state index contributed by atoms with van der Waals surface area (Å²) in [6.07, 6.45) is 3.61. The molecule has 0 aliphatic carbocycles. The molecule has 0 saturated carbocycles. The molecule has 1 saturated heterocycles. The van der Waals surface area contributed by atoms with Gasteiger partial charge in [-0.15, -0.1) is 0 Å². The molecule has 0 atom stereocenters. The summed E-state index contributed by atoms with van der Waals surface area (Å²) in [5, 5.41) is 7.11. The topological polar surface area (TPSA) is 80.1 Å². The predicted molar refractivity (Wildman–Crippen MR) is 103 cm³/mol. The summed E-state index contributed by atoms with van der Waals surface area (Å²) in [6, 6.07) is 7.75. The fraction of sp³-hybridized carbons (Fsp3) is 0.474. The van der Waals surface area contributed by atoms with E-state index in [4.69, 9.17) is 0 Å². The van der Waals surface area contributed by atoms with Crippen molar-refractivity contribution in [3.63, 3.8) is 0 Å². The highest BCUT2D eigenvalue weighted by Gasteiger charge is 2.45. The summed E-state index contributed by atoms with van der Waals surface area (Å²) in [6.45, 7) is 0.896. The van der Waals surface area contributed by atoms with Crippen molar-refractivity contribution in [1.82, 2.24) is 25.0 Å². The number of nitrogens with one attached hydrogen (secondary N) is 1. The molecule has 2 aliphatic rings. The van der Waals surface area contributed by atoms with Gasteiger partial charge in [0, 0.05) is 25.6 Å². The average molecular weight is 385 g/mol. The van der Waals surface area contributed by atoms with Crippen LogP contribution in [0.4, 0.5) is 0 Å². The molecule has 1 fully saturated rings. The largest absolute Gasteiger partial charge is 0.349 e.